The van der Waals surface area contributed by atoms with Crippen LogP contribution in [0.3, 0.4) is 0 Å². The lowest BCUT2D eigenvalue weighted by molar-refractivity contribution is -0.132. The Bertz CT molecular complexity index is 475. The summed E-state index contributed by atoms with van der Waals surface area (Å²) >= 11 is 4.50. The summed E-state index contributed by atoms with van der Waals surface area (Å²) in [7, 11) is 0. The second-order valence-corrected chi connectivity index (χ2v) is 6.82. The number of rotatable bonds is 8. The largest absolute Gasteiger partial charge is 0.478 e. The molecule has 1 rings (SSSR count). The van der Waals surface area contributed by atoms with E-state index in [0.717, 1.165) is 43.3 Å². The third kappa shape index (κ3) is 3.77. The number of aliphatic hydroxyl groups is 1. The molecule has 2 N–H and O–H groups in total. The maximum Gasteiger partial charge on any atom is 0.336 e. The topological polar surface area (TPSA) is 57.5 Å². The Morgan fingerprint density at radius 2 is 1.73 bits per heavy atom. The van der Waals surface area contributed by atoms with E-state index in [0.29, 0.717) is 23.3 Å². The second kappa shape index (κ2) is 8.21. The molecule has 2 atom stereocenters. The van der Waals surface area contributed by atoms with Gasteiger partial charge in [0.15, 0.2) is 0 Å². The Kier molecular flexibility index (Phi) is 7.20. The summed E-state index contributed by atoms with van der Waals surface area (Å²) in [6, 6.07) is 0. The van der Waals surface area contributed by atoms with E-state index in [1.165, 1.54) is 0 Å². The van der Waals surface area contributed by atoms with Crippen LogP contribution in [0.1, 0.15) is 72.6 Å². The van der Waals surface area contributed by atoms with Crippen LogP contribution in [0.25, 0.3) is 0 Å². The van der Waals surface area contributed by atoms with Crippen LogP contribution >= 0.6 is 12.6 Å². The van der Waals surface area contributed by atoms with E-state index in [1.54, 1.807) is 0 Å². The van der Waals surface area contributed by atoms with Gasteiger partial charge in [0, 0.05) is 10.8 Å². The first-order chi connectivity index (χ1) is 10.3. The van der Waals surface area contributed by atoms with E-state index in [-0.39, 0.29) is 5.92 Å². The highest BCUT2D eigenvalue weighted by molar-refractivity contribution is 7.84. The molecule has 0 aromatic rings. The molecular weight excluding hydrogens is 296 g/mol. The van der Waals surface area contributed by atoms with Gasteiger partial charge in [-0.25, -0.2) is 4.79 Å². The molecule has 4 heteroatoms. The summed E-state index contributed by atoms with van der Waals surface area (Å²) in [4.78, 5) is 12.3. The molecule has 2 unspecified atom stereocenters. The average molecular weight is 327 g/mol. The van der Waals surface area contributed by atoms with E-state index >= 15 is 0 Å². The van der Waals surface area contributed by atoms with Crippen molar-refractivity contribution in [1.82, 2.24) is 0 Å². The van der Waals surface area contributed by atoms with Gasteiger partial charge in [-0.15, -0.1) is 12.6 Å². The Morgan fingerprint density at radius 1 is 1.18 bits per heavy atom. The van der Waals surface area contributed by atoms with Crippen LogP contribution in [0.2, 0.25) is 0 Å². The predicted octanol–water partition coefficient (Wildman–Crippen LogP) is 4.72. The molecule has 3 nitrogen and oxygen atoms in total. The molecule has 0 fully saturated rings. The zero-order valence-corrected chi connectivity index (χ0v) is 15.2. The van der Waals surface area contributed by atoms with Crippen molar-refractivity contribution in [1.29, 1.82) is 0 Å². The van der Waals surface area contributed by atoms with Gasteiger partial charge in [-0.05, 0) is 50.2 Å². The minimum Gasteiger partial charge on any atom is -0.478 e. The van der Waals surface area contributed by atoms with Crippen LogP contribution < -0.4 is 0 Å². The Labute approximate surface area is 139 Å². The Morgan fingerprint density at radius 3 is 2.18 bits per heavy atom. The summed E-state index contributed by atoms with van der Waals surface area (Å²) in [6.07, 6.45) is 6.06. The van der Waals surface area contributed by atoms with Gasteiger partial charge in [-0.3, -0.25) is 0 Å². The van der Waals surface area contributed by atoms with Crippen LogP contribution in [0.4, 0.5) is 0 Å². The van der Waals surface area contributed by atoms with E-state index in [9.17, 15) is 15.0 Å². The van der Waals surface area contributed by atoms with Gasteiger partial charge >= 0.3 is 5.97 Å². The standard InChI is InChI=1S/C18H30O3S/c1-5-8-10-12-14(11-9-6-2)18(4,21)13(7-3)16(22)15(12)17(19)20/h13,21-22H,5-11H2,1-4H3,(H,19,20). The summed E-state index contributed by atoms with van der Waals surface area (Å²) in [5.41, 5.74) is 1.08. The number of aliphatic carboxylic acids is 1. The van der Waals surface area contributed by atoms with Crippen LogP contribution in [0.15, 0.2) is 21.6 Å². The summed E-state index contributed by atoms with van der Waals surface area (Å²) in [5.74, 6) is -1.15. The molecule has 0 saturated carbocycles. The summed E-state index contributed by atoms with van der Waals surface area (Å²) in [5, 5.41) is 20.8. The van der Waals surface area contributed by atoms with Gasteiger partial charge in [0.2, 0.25) is 0 Å². The quantitative estimate of drug-likeness (QED) is 0.566. The molecule has 0 aromatic carbocycles. The molecule has 1 aliphatic rings. The highest BCUT2D eigenvalue weighted by Crippen LogP contribution is 2.47. The Hall–Kier alpha value is -0.740. The van der Waals surface area contributed by atoms with Crippen molar-refractivity contribution in [2.24, 2.45) is 5.92 Å². The fourth-order valence-corrected chi connectivity index (χ4v) is 4.14. The third-order valence-electron chi connectivity index (χ3n) is 4.72. The van der Waals surface area contributed by atoms with Crippen molar-refractivity contribution in [3.63, 3.8) is 0 Å². The fraction of sp³-hybridized carbons (Fsp3) is 0.722. The van der Waals surface area contributed by atoms with Gasteiger partial charge in [-0.2, -0.15) is 0 Å². The first-order valence-corrected chi connectivity index (χ1v) is 8.89. The normalized spacial score (nSPS) is 25.8. The third-order valence-corrected chi connectivity index (χ3v) is 5.26. The van der Waals surface area contributed by atoms with Crippen LogP contribution in [0, 0.1) is 5.92 Å². The lowest BCUT2D eigenvalue weighted by Crippen LogP contribution is -2.41. The minimum atomic E-state index is -0.997. The molecule has 0 bridgehead atoms. The number of thiol groups is 1. The van der Waals surface area contributed by atoms with Gasteiger partial charge in [0.1, 0.15) is 0 Å². The minimum absolute atomic E-state index is 0.237. The summed E-state index contributed by atoms with van der Waals surface area (Å²) < 4.78 is 0. The number of hydrogen-bond acceptors (Lipinski definition) is 3. The first kappa shape index (κ1) is 19.3. The molecule has 0 saturated heterocycles. The fourth-order valence-electron chi connectivity index (χ4n) is 3.48. The lowest BCUT2D eigenvalue weighted by Gasteiger charge is -2.41. The van der Waals surface area contributed by atoms with Gasteiger partial charge < -0.3 is 10.2 Å². The van der Waals surface area contributed by atoms with Crippen molar-refractivity contribution >= 4 is 18.6 Å². The van der Waals surface area contributed by atoms with E-state index in [2.05, 4.69) is 26.5 Å². The van der Waals surface area contributed by atoms with Gasteiger partial charge in [-0.1, -0.05) is 33.6 Å². The first-order valence-electron chi connectivity index (χ1n) is 8.44. The SMILES string of the molecule is CCCCC1=C(CCCC)C(C)(O)C(CC)C(S)=C1C(=O)O. The number of carboxylic acid groups (broad SMARTS) is 1. The number of unbranched alkanes of at least 4 members (excludes halogenated alkanes) is 2. The highest BCUT2D eigenvalue weighted by Gasteiger charge is 2.43. The molecule has 126 valence electrons. The molecule has 0 aromatic heterocycles. The number of hydrogen-bond donors (Lipinski definition) is 3. The predicted molar refractivity (Wildman–Crippen MR) is 94.1 cm³/mol. The highest BCUT2D eigenvalue weighted by atomic mass is 32.1. The van der Waals surface area contributed by atoms with E-state index < -0.39 is 11.6 Å². The van der Waals surface area contributed by atoms with Crippen LogP contribution in [0.5, 0.6) is 0 Å². The number of carboxylic acids is 1. The molecule has 0 aliphatic heterocycles. The lowest BCUT2D eigenvalue weighted by atomic mass is 9.70. The monoisotopic (exact) mass is 326 g/mol. The van der Waals surface area contributed by atoms with Crippen molar-refractivity contribution < 1.29 is 15.0 Å². The van der Waals surface area contributed by atoms with Gasteiger partial charge in [0.25, 0.3) is 0 Å². The van der Waals surface area contributed by atoms with Crippen LogP contribution in [-0.4, -0.2) is 21.8 Å². The second-order valence-electron chi connectivity index (χ2n) is 6.34. The number of carbonyl (C=O) groups is 1. The molecular formula is C18H30O3S. The molecule has 0 amide bonds. The molecule has 0 radical (unpaired) electrons. The molecule has 1 aliphatic carbocycles. The van der Waals surface area contributed by atoms with Gasteiger partial charge in [0.05, 0.1) is 11.2 Å². The maximum absolute atomic E-state index is 11.8. The molecule has 0 spiro atoms. The average Bonchev–Trinajstić information content (AvgIpc) is 2.43. The van der Waals surface area contributed by atoms with Crippen molar-refractivity contribution in [2.75, 3.05) is 0 Å². The van der Waals surface area contributed by atoms with Crippen molar-refractivity contribution in [2.45, 2.75) is 78.2 Å². The zero-order chi connectivity index (χ0) is 16.9. The van der Waals surface area contributed by atoms with Crippen LogP contribution in [-0.2, 0) is 4.79 Å². The van der Waals surface area contributed by atoms with E-state index in [4.69, 9.17) is 0 Å². The summed E-state index contributed by atoms with van der Waals surface area (Å²) in [6.45, 7) is 8.00. The van der Waals surface area contributed by atoms with Crippen molar-refractivity contribution in [3.8, 4) is 0 Å². The Balaban J connectivity index is 3.48. The molecule has 22 heavy (non-hydrogen) atoms. The van der Waals surface area contributed by atoms with Crippen molar-refractivity contribution in [3.05, 3.63) is 21.6 Å². The van der Waals surface area contributed by atoms with E-state index in [1.807, 2.05) is 13.8 Å². The maximum atomic E-state index is 11.8. The zero-order valence-electron chi connectivity index (χ0n) is 14.3. The smallest absolute Gasteiger partial charge is 0.336 e. The molecule has 0 heterocycles.